The minimum Gasteiger partial charge on any atom is -1.00 e. The van der Waals surface area contributed by atoms with Crippen molar-refractivity contribution in [2.45, 2.75) is 6.92 Å². The average Bonchev–Trinajstić information content (AvgIpc) is 0.918. The standard InChI is InChI=1S/C3H6.3Na.3H/c1-3-2;;;;;;/h3H,1H2,2H3;;;;;;/q;3*+1;3*-1. The molecule has 0 saturated heterocycles. The molecule has 0 unspecified atom stereocenters. The average molecular weight is 114 g/mol. The molecular formula is C3H9Na3. The van der Waals surface area contributed by atoms with E-state index < -0.39 is 0 Å². The van der Waals surface area contributed by atoms with Gasteiger partial charge in [0, 0.05) is 0 Å². The second kappa shape index (κ2) is 25.1. The molecule has 0 spiro atoms. The second-order valence-corrected chi connectivity index (χ2v) is 0.408. The van der Waals surface area contributed by atoms with Crippen LogP contribution in [0, 0.1) is 0 Å². The minimum absolute atomic E-state index is 0. The molecule has 0 aliphatic rings. The molecule has 0 radical (unpaired) electrons. The smallest absolute Gasteiger partial charge is 1.00 e. The van der Waals surface area contributed by atoms with E-state index in [4.69, 9.17) is 0 Å². The van der Waals surface area contributed by atoms with Crippen molar-refractivity contribution < 1.29 is 93.0 Å². The van der Waals surface area contributed by atoms with Crippen molar-refractivity contribution in [1.29, 1.82) is 0 Å². The van der Waals surface area contributed by atoms with Gasteiger partial charge in [-0.1, -0.05) is 6.08 Å². The molecule has 3 heteroatoms. The van der Waals surface area contributed by atoms with E-state index in [2.05, 4.69) is 6.58 Å². The molecule has 0 saturated carbocycles. The molecule has 6 heavy (non-hydrogen) atoms. The van der Waals surface area contributed by atoms with Crippen LogP contribution in [0.15, 0.2) is 12.7 Å². The maximum atomic E-state index is 3.36. The Hall–Kier alpha value is 2.74. The third-order valence-corrected chi connectivity index (χ3v) is 0. The van der Waals surface area contributed by atoms with Gasteiger partial charge in [-0.05, 0) is 6.92 Å². The van der Waals surface area contributed by atoms with Gasteiger partial charge in [-0.15, -0.1) is 6.58 Å². The van der Waals surface area contributed by atoms with E-state index in [1.165, 1.54) is 0 Å². The fourth-order valence-electron chi connectivity index (χ4n) is 0. The zero-order valence-corrected chi connectivity index (χ0v) is 11.3. The maximum absolute atomic E-state index is 3.36. The summed E-state index contributed by atoms with van der Waals surface area (Å²) in [5.41, 5.74) is 0. The quantitative estimate of drug-likeness (QED) is 0.217. The van der Waals surface area contributed by atoms with Crippen molar-refractivity contribution in [3.8, 4) is 0 Å². The van der Waals surface area contributed by atoms with Gasteiger partial charge >= 0.3 is 88.7 Å². The van der Waals surface area contributed by atoms with Crippen LogP contribution in [0.4, 0.5) is 0 Å². The molecule has 0 rings (SSSR count). The van der Waals surface area contributed by atoms with Gasteiger partial charge in [0.1, 0.15) is 0 Å². The Morgan fingerprint density at radius 1 is 1.33 bits per heavy atom. The van der Waals surface area contributed by atoms with Gasteiger partial charge < -0.3 is 4.28 Å². The molecule has 0 aliphatic carbocycles. The Kier molecular flexibility index (Phi) is 97.6. The van der Waals surface area contributed by atoms with Gasteiger partial charge in [-0.3, -0.25) is 0 Å². The van der Waals surface area contributed by atoms with Gasteiger partial charge in [0.25, 0.3) is 0 Å². The predicted octanol–water partition coefficient (Wildman–Crippen LogP) is -7.46. The topological polar surface area (TPSA) is 0 Å². The van der Waals surface area contributed by atoms with E-state index in [1.54, 1.807) is 6.08 Å². The number of rotatable bonds is 0. The predicted molar refractivity (Wildman–Crippen MR) is 19.2 cm³/mol. The van der Waals surface area contributed by atoms with E-state index in [0.717, 1.165) is 0 Å². The van der Waals surface area contributed by atoms with Crippen molar-refractivity contribution >= 4 is 0 Å². The molecule has 0 N–H and O–H groups in total. The zero-order valence-electron chi connectivity index (χ0n) is 8.28. The first-order chi connectivity index (χ1) is 1.41. The third-order valence-electron chi connectivity index (χ3n) is 0. The Morgan fingerprint density at radius 2 is 1.33 bits per heavy atom. The molecule has 24 valence electrons. The largest absolute Gasteiger partial charge is 1.00 e. The Labute approximate surface area is 110 Å². The summed E-state index contributed by atoms with van der Waals surface area (Å²) in [5, 5.41) is 0. The van der Waals surface area contributed by atoms with Crippen LogP contribution in [-0.4, -0.2) is 0 Å². The number of allylic oxidation sites excluding steroid dienone is 1. The van der Waals surface area contributed by atoms with Gasteiger partial charge in [-0.2, -0.15) is 0 Å². The van der Waals surface area contributed by atoms with E-state index in [9.17, 15) is 0 Å². The van der Waals surface area contributed by atoms with Crippen LogP contribution < -0.4 is 88.7 Å². The molecule has 0 aromatic heterocycles. The van der Waals surface area contributed by atoms with E-state index >= 15 is 0 Å². The van der Waals surface area contributed by atoms with Crippen LogP contribution in [-0.2, 0) is 0 Å². The third kappa shape index (κ3) is 29.6. The summed E-state index contributed by atoms with van der Waals surface area (Å²) >= 11 is 0. The summed E-state index contributed by atoms with van der Waals surface area (Å²) in [6.45, 7) is 5.25. The molecular weight excluding hydrogens is 105 g/mol. The number of hydrogen-bond acceptors (Lipinski definition) is 0. The van der Waals surface area contributed by atoms with Crippen molar-refractivity contribution in [2.75, 3.05) is 0 Å². The molecule has 0 aromatic carbocycles. The van der Waals surface area contributed by atoms with Crippen molar-refractivity contribution in [1.82, 2.24) is 0 Å². The van der Waals surface area contributed by atoms with Crippen LogP contribution in [0.3, 0.4) is 0 Å². The van der Waals surface area contributed by atoms with Gasteiger partial charge in [0.15, 0.2) is 0 Å². The van der Waals surface area contributed by atoms with Gasteiger partial charge in [0.05, 0.1) is 0 Å². The van der Waals surface area contributed by atoms with Crippen LogP contribution in [0.5, 0.6) is 0 Å². The fourth-order valence-corrected chi connectivity index (χ4v) is 0. The molecule has 0 amide bonds. The van der Waals surface area contributed by atoms with E-state index in [-0.39, 0.29) is 93.0 Å². The summed E-state index contributed by atoms with van der Waals surface area (Å²) in [7, 11) is 0. The Morgan fingerprint density at radius 3 is 1.33 bits per heavy atom. The van der Waals surface area contributed by atoms with Gasteiger partial charge in [0.2, 0.25) is 0 Å². The minimum atomic E-state index is 0. The first kappa shape index (κ1) is 23.3. The fraction of sp³-hybridized carbons (Fsp3) is 0.333. The normalized spacial score (nSPS) is 2.17. The summed E-state index contributed by atoms with van der Waals surface area (Å²) in [6.07, 6.45) is 1.75. The molecule has 0 nitrogen and oxygen atoms in total. The van der Waals surface area contributed by atoms with Crippen LogP contribution in [0.2, 0.25) is 0 Å². The van der Waals surface area contributed by atoms with E-state index in [0.29, 0.717) is 0 Å². The van der Waals surface area contributed by atoms with Crippen LogP contribution in [0.1, 0.15) is 11.2 Å². The SMILES string of the molecule is C=CC.[H-].[H-].[H-].[Na+].[Na+].[Na+]. The van der Waals surface area contributed by atoms with Crippen molar-refractivity contribution in [3.05, 3.63) is 12.7 Å². The monoisotopic (exact) mass is 114 g/mol. The summed E-state index contributed by atoms with van der Waals surface area (Å²) in [6, 6.07) is 0. The van der Waals surface area contributed by atoms with Gasteiger partial charge in [-0.25, -0.2) is 0 Å². The Bertz CT molecular complexity index is 21.8. The molecule has 0 aliphatic heterocycles. The molecule has 0 fully saturated rings. The van der Waals surface area contributed by atoms with Crippen molar-refractivity contribution in [3.63, 3.8) is 0 Å². The Balaban J connectivity index is -0.00000000133. The molecule has 0 heterocycles. The van der Waals surface area contributed by atoms with Crippen LogP contribution in [0.25, 0.3) is 0 Å². The number of hydrogen-bond donors (Lipinski definition) is 0. The van der Waals surface area contributed by atoms with E-state index in [1.807, 2.05) is 6.92 Å². The summed E-state index contributed by atoms with van der Waals surface area (Å²) < 4.78 is 0. The second-order valence-electron chi connectivity index (χ2n) is 0.408. The maximum Gasteiger partial charge on any atom is 1.00 e. The zero-order chi connectivity index (χ0) is 2.71. The first-order valence-corrected chi connectivity index (χ1v) is 0.986. The molecule has 0 aromatic rings. The van der Waals surface area contributed by atoms with Crippen LogP contribution >= 0.6 is 0 Å². The summed E-state index contributed by atoms with van der Waals surface area (Å²) in [5.74, 6) is 0. The molecule has 0 bridgehead atoms. The molecule has 0 atom stereocenters. The summed E-state index contributed by atoms with van der Waals surface area (Å²) in [4.78, 5) is 0. The van der Waals surface area contributed by atoms with Crippen molar-refractivity contribution in [2.24, 2.45) is 0 Å². The first-order valence-electron chi connectivity index (χ1n) is 0.986.